The first kappa shape index (κ1) is 19.0. The van der Waals surface area contributed by atoms with Gasteiger partial charge in [-0.2, -0.15) is 0 Å². The minimum atomic E-state index is -0.0612. The summed E-state index contributed by atoms with van der Waals surface area (Å²) in [5.41, 5.74) is 2.11. The van der Waals surface area contributed by atoms with Gasteiger partial charge >= 0.3 is 0 Å². The van der Waals surface area contributed by atoms with Crippen LogP contribution in [-0.4, -0.2) is 36.3 Å². The molecule has 0 radical (unpaired) electrons. The molecule has 132 valence electrons. The van der Waals surface area contributed by atoms with Gasteiger partial charge in [0.25, 0.3) is 0 Å². The van der Waals surface area contributed by atoms with Gasteiger partial charge in [0.1, 0.15) is 0 Å². The molecule has 2 amide bonds. The molecule has 2 aromatic rings. The SMILES string of the molecule is CC(=O)N(CCNC(=O)Cc1ccc(Cl)cc1)CCc1ccccc1. The molecule has 0 heterocycles. The zero-order valence-electron chi connectivity index (χ0n) is 14.4. The molecular formula is C20H23ClN2O2. The zero-order chi connectivity index (χ0) is 18.1. The second kappa shape index (κ2) is 9.84. The fourth-order valence-electron chi connectivity index (χ4n) is 2.52. The Balaban J connectivity index is 1.74. The third-order valence-electron chi connectivity index (χ3n) is 3.94. The van der Waals surface area contributed by atoms with Crippen LogP contribution < -0.4 is 5.32 Å². The number of halogens is 1. The molecule has 1 N–H and O–H groups in total. The Morgan fingerprint density at radius 3 is 2.28 bits per heavy atom. The van der Waals surface area contributed by atoms with Gasteiger partial charge in [0.05, 0.1) is 6.42 Å². The molecule has 0 aliphatic rings. The molecule has 4 nitrogen and oxygen atoms in total. The van der Waals surface area contributed by atoms with E-state index in [0.717, 1.165) is 12.0 Å². The van der Waals surface area contributed by atoms with E-state index in [9.17, 15) is 9.59 Å². The van der Waals surface area contributed by atoms with Gasteiger partial charge in [-0.1, -0.05) is 54.1 Å². The van der Waals surface area contributed by atoms with Gasteiger partial charge < -0.3 is 10.2 Å². The summed E-state index contributed by atoms with van der Waals surface area (Å²) in [5, 5.41) is 3.52. The van der Waals surface area contributed by atoms with Crippen molar-refractivity contribution in [1.82, 2.24) is 10.2 Å². The summed E-state index contributed by atoms with van der Waals surface area (Å²) in [6.45, 7) is 3.16. The van der Waals surface area contributed by atoms with Crippen LogP contribution in [0.15, 0.2) is 54.6 Å². The highest BCUT2D eigenvalue weighted by atomic mass is 35.5. The fourth-order valence-corrected chi connectivity index (χ4v) is 2.64. The summed E-state index contributed by atoms with van der Waals surface area (Å²) in [7, 11) is 0. The normalized spacial score (nSPS) is 10.3. The second-order valence-corrected chi connectivity index (χ2v) is 6.33. The largest absolute Gasteiger partial charge is 0.354 e. The lowest BCUT2D eigenvalue weighted by atomic mass is 10.1. The number of nitrogens with zero attached hydrogens (tertiary/aromatic N) is 1. The van der Waals surface area contributed by atoms with E-state index in [1.807, 2.05) is 42.5 Å². The lowest BCUT2D eigenvalue weighted by Gasteiger charge is -2.21. The first-order valence-electron chi connectivity index (χ1n) is 8.35. The molecule has 0 saturated carbocycles. The van der Waals surface area contributed by atoms with Gasteiger partial charge in [0, 0.05) is 31.6 Å². The molecule has 0 spiro atoms. The van der Waals surface area contributed by atoms with Crippen LogP contribution in [0, 0.1) is 0 Å². The number of carbonyl (C=O) groups excluding carboxylic acids is 2. The average molecular weight is 359 g/mol. The summed E-state index contributed by atoms with van der Waals surface area (Å²) >= 11 is 5.83. The minimum Gasteiger partial charge on any atom is -0.354 e. The van der Waals surface area contributed by atoms with Gasteiger partial charge in [0.15, 0.2) is 0 Å². The van der Waals surface area contributed by atoms with Gasteiger partial charge in [-0.05, 0) is 29.7 Å². The number of hydrogen-bond donors (Lipinski definition) is 1. The third-order valence-corrected chi connectivity index (χ3v) is 4.19. The maximum Gasteiger partial charge on any atom is 0.224 e. The van der Waals surface area contributed by atoms with Crippen LogP contribution in [0.5, 0.6) is 0 Å². The summed E-state index contributed by atoms with van der Waals surface area (Å²) in [4.78, 5) is 25.5. The lowest BCUT2D eigenvalue weighted by molar-refractivity contribution is -0.129. The van der Waals surface area contributed by atoms with E-state index in [1.165, 1.54) is 5.56 Å². The van der Waals surface area contributed by atoms with Crippen molar-refractivity contribution in [3.8, 4) is 0 Å². The summed E-state index contributed by atoms with van der Waals surface area (Å²) in [5.74, 6) is -0.0447. The lowest BCUT2D eigenvalue weighted by Crippen LogP contribution is -2.39. The van der Waals surface area contributed by atoms with Crippen molar-refractivity contribution in [3.05, 3.63) is 70.7 Å². The minimum absolute atomic E-state index is 0.0166. The first-order valence-corrected chi connectivity index (χ1v) is 8.73. The van der Waals surface area contributed by atoms with E-state index >= 15 is 0 Å². The van der Waals surface area contributed by atoms with Crippen LogP contribution in [-0.2, 0) is 22.4 Å². The standard InChI is InChI=1S/C20H23ClN2O2/c1-16(24)23(13-11-17-5-3-2-4-6-17)14-12-22-20(25)15-18-7-9-19(21)10-8-18/h2-10H,11-15H2,1H3,(H,22,25). The molecule has 25 heavy (non-hydrogen) atoms. The Bertz CT molecular complexity index is 687. The number of rotatable bonds is 8. The smallest absolute Gasteiger partial charge is 0.224 e. The van der Waals surface area contributed by atoms with Gasteiger partial charge in [-0.3, -0.25) is 9.59 Å². The Labute approximate surface area is 153 Å². The highest BCUT2D eigenvalue weighted by Crippen LogP contribution is 2.09. The van der Waals surface area contributed by atoms with E-state index in [0.29, 0.717) is 31.1 Å². The Morgan fingerprint density at radius 1 is 0.960 bits per heavy atom. The maximum atomic E-state index is 12.0. The Hall–Kier alpha value is -2.33. The van der Waals surface area contributed by atoms with Crippen LogP contribution in [0.2, 0.25) is 5.02 Å². The second-order valence-electron chi connectivity index (χ2n) is 5.89. The molecule has 0 bridgehead atoms. The third kappa shape index (κ3) is 6.98. The van der Waals surface area contributed by atoms with Crippen LogP contribution in [0.1, 0.15) is 18.1 Å². The molecule has 0 unspecified atom stereocenters. The van der Waals surface area contributed by atoms with Crippen LogP contribution in [0.4, 0.5) is 0 Å². The predicted octanol–water partition coefficient (Wildman–Crippen LogP) is 3.09. The summed E-state index contributed by atoms with van der Waals surface area (Å²) in [6, 6.07) is 17.3. The molecule has 0 fully saturated rings. The fraction of sp³-hybridized carbons (Fsp3) is 0.300. The van der Waals surface area contributed by atoms with Crippen molar-refractivity contribution in [1.29, 1.82) is 0 Å². The molecule has 0 atom stereocenters. The quantitative estimate of drug-likeness (QED) is 0.788. The van der Waals surface area contributed by atoms with E-state index in [1.54, 1.807) is 24.0 Å². The molecule has 2 aromatic carbocycles. The molecule has 2 rings (SSSR count). The molecule has 5 heteroatoms. The van der Waals surface area contributed by atoms with Crippen LogP contribution in [0.25, 0.3) is 0 Å². The predicted molar refractivity (Wildman–Crippen MR) is 101 cm³/mol. The van der Waals surface area contributed by atoms with Crippen molar-refractivity contribution < 1.29 is 9.59 Å². The highest BCUT2D eigenvalue weighted by molar-refractivity contribution is 6.30. The van der Waals surface area contributed by atoms with E-state index in [-0.39, 0.29) is 11.8 Å². The average Bonchev–Trinajstić information content (AvgIpc) is 2.60. The molecule has 0 aliphatic heterocycles. The molecule has 0 aromatic heterocycles. The van der Waals surface area contributed by atoms with Crippen LogP contribution >= 0.6 is 11.6 Å². The summed E-state index contributed by atoms with van der Waals surface area (Å²) < 4.78 is 0. The summed E-state index contributed by atoms with van der Waals surface area (Å²) in [6.07, 6.45) is 1.11. The maximum absolute atomic E-state index is 12.0. The Kier molecular flexibility index (Phi) is 7.48. The Morgan fingerprint density at radius 2 is 1.64 bits per heavy atom. The number of benzene rings is 2. The van der Waals surface area contributed by atoms with E-state index < -0.39 is 0 Å². The van der Waals surface area contributed by atoms with Crippen molar-refractivity contribution >= 4 is 23.4 Å². The van der Waals surface area contributed by atoms with Gasteiger partial charge in [-0.25, -0.2) is 0 Å². The molecule has 0 saturated heterocycles. The van der Waals surface area contributed by atoms with Crippen molar-refractivity contribution in [2.45, 2.75) is 19.8 Å². The van der Waals surface area contributed by atoms with Crippen LogP contribution in [0.3, 0.4) is 0 Å². The molecular weight excluding hydrogens is 336 g/mol. The van der Waals surface area contributed by atoms with Crippen molar-refractivity contribution in [2.24, 2.45) is 0 Å². The number of carbonyl (C=O) groups is 2. The van der Waals surface area contributed by atoms with E-state index in [2.05, 4.69) is 5.32 Å². The van der Waals surface area contributed by atoms with Gasteiger partial charge in [0.2, 0.25) is 11.8 Å². The highest BCUT2D eigenvalue weighted by Gasteiger charge is 2.09. The van der Waals surface area contributed by atoms with Gasteiger partial charge in [-0.15, -0.1) is 0 Å². The monoisotopic (exact) mass is 358 g/mol. The first-order chi connectivity index (χ1) is 12.0. The number of hydrogen-bond acceptors (Lipinski definition) is 2. The zero-order valence-corrected chi connectivity index (χ0v) is 15.1. The van der Waals surface area contributed by atoms with E-state index in [4.69, 9.17) is 11.6 Å². The number of nitrogens with one attached hydrogen (secondary N) is 1. The number of amides is 2. The van der Waals surface area contributed by atoms with Crippen molar-refractivity contribution in [2.75, 3.05) is 19.6 Å². The molecule has 0 aliphatic carbocycles. The van der Waals surface area contributed by atoms with Crippen molar-refractivity contribution in [3.63, 3.8) is 0 Å². The topological polar surface area (TPSA) is 49.4 Å².